The van der Waals surface area contributed by atoms with Crippen LogP contribution in [0.3, 0.4) is 0 Å². The highest BCUT2D eigenvalue weighted by atomic mass is 27.2. The lowest BCUT2D eigenvalue weighted by Crippen LogP contribution is -2.13. The second-order valence-corrected chi connectivity index (χ2v) is 1.91. The molecule has 14 heteroatoms. The van der Waals surface area contributed by atoms with Crippen molar-refractivity contribution in [3.05, 3.63) is 30.3 Å². The quantitative estimate of drug-likeness (QED) is 0.307. The average Bonchev–Trinajstić information content (AvgIpc) is 2.04. The molecule has 75 valence electrons. The predicted molar refractivity (Wildman–Crippen MR) is 35.7 cm³/mol. The fourth-order valence-corrected chi connectivity index (χ4v) is 0.269. The van der Waals surface area contributed by atoms with Crippen LogP contribution in [-0.4, -0.2) is 47.8 Å². The molecule has 0 unspecified atom stereocenters. The van der Waals surface area contributed by atoms with Gasteiger partial charge in [-0.3, -0.25) is 0 Å². The summed E-state index contributed by atoms with van der Waals surface area (Å²) in [6.07, 6.45) is 0. The Hall–Kier alpha value is -1.34. The molecule has 0 aliphatic rings. The van der Waals surface area contributed by atoms with Gasteiger partial charge >= 0.3 is 32.5 Å². The summed E-state index contributed by atoms with van der Waals surface area (Å²) in [4.78, 5) is 27.5. The van der Waals surface area contributed by atoms with Gasteiger partial charge in [0.05, 0.1) is 0 Å². The van der Waals surface area contributed by atoms with Gasteiger partial charge in [0.15, 0.2) is 0 Å². The minimum atomic E-state index is -1.64. The van der Waals surface area contributed by atoms with Gasteiger partial charge in [0.2, 0.25) is 0 Å². The molecule has 12 nitrogen and oxygen atoms in total. The SMILES string of the molecule is O=[N+]([O-])[O][Al].O=[N+]([O-])[O][Al][O][N+](=O)[O-]. The van der Waals surface area contributed by atoms with Crippen LogP contribution in [0, 0.1) is 30.3 Å². The molecule has 0 spiro atoms. The van der Waals surface area contributed by atoms with Gasteiger partial charge in [-0.25, -0.2) is 0 Å². The normalized spacial score (nSPS) is 7.14. The number of nitrogens with zero attached hydrogens (tertiary/aromatic N) is 3. The van der Waals surface area contributed by atoms with E-state index in [1.54, 1.807) is 0 Å². The zero-order valence-corrected chi connectivity index (χ0v) is 8.48. The molecule has 14 heavy (non-hydrogen) atoms. The van der Waals surface area contributed by atoms with Crippen molar-refractivity contribution in [1.82, 2.24) is 0 Å². The van der Waals surface area contributed by atoms with Crippen molar-refractivity contribution in [2.24, 2.45) is 0 Å². The van der Waals surface area contributed by atoms with Gasteiger partial charge in [-0.2, -0.15) is 0 Å². The van der Waals surface area contributed by atoms with E-state index in [0.29, 0.717) is 0 Å². The topological polar surface area (TPSA) is 157 Å². The number of hydrogen-bond acceptors (Lipinski definition) is 9. The highest BCUT2D eigenvalue weighted by molar-refractivity contribution is 6.16. The second-order valence-electron chi connectivity index (χ2n) is 1.08. The largest absolute Gasteiger partial charge is 0.753 e. The van der Waals surface area contributed by atoms with E-state index in [2.05, 4.69) is 11.7 Å². The summed E-state index contributed by atoms with van der Waals surface area (Å²) in [5, 5.41) is 24.3. The lowest BCUT2D eigenvalue weighted by Gasteiger charge is -1.91. The molecule has 0 rings (SSSR count). The standard InChI is InChI=1S/2Al.3NO3/c;;3*2-1(3)4/q+1;+2;3*-1. The summed E-state index contributed by atoms with van der Waals surface area (Å²) in [5.74, 6) is 0. The summed E-state index contributed by atoms with van der Waals surface area (Å²) in [5.41, 5.74) is 0. The van der Waals surface area contributed by atoms with Crippen LogP contribution in [0.5, 0.6) is 0 Å². The van der Waals surface area contributed by atoms with Crippen molar-refractivity contribution in [1.29, 1.82) is 0 Å². The summed E-state index contributed by atoms with van der Waals surface area (Å²) >= 11 is -0.148. The van der Waals surface area contributed by atoms with E-state index >= 15 is 0 Å². The minimum Gasteiger partial charge on any atom is -0.479 e. The third-order valence-corrected chi connectivity index (χ3v) is 1.03. The third kappa shape index (κ3) is 22.4. The maximum Gasteiger partial charge on any atom is 0.753 e. The molecule has 0 aliphatic heterocycles. The van der Waals surface area contributed by atoms with Crippen LogP contribution in [-0.2, 0) is 11.7 Å². The van der Waals surface area contributed by atoms with Crippen molar-refractivity contribution in [3.63, 3.8) is 0 Å². The molecule has 0 N–H and O–H groups in total. The van der Waals surface area contributed by atoms with Gasteiger partial charge in [0.25, 0.3) is 15.3 Å². The Morgan fingerprint density at radius 1 is 0.929 bits per heavy atom. The van der Waals surface area contributed by atoms with Crippen molar-refractivity contribution in [3.8, 4) is 0 Å². The Balaban J connectivity index is 0. The zero-order chi connectivity index (χ0) is 11.6. The summed E-state index contributed by atoms with van der Waals surface area (Å²) < 4.78 is 10.4. The molecule has 0 heterocycles. The van der Waals surface area contributed by atoms with E-state index in [-0.39, 0.29) is 0 Å². The molecule has 0 aromatic rings. The Morgan fingerprint density at radius 2 is 1.21 bits per heavy atom. The molecule has 0 saturated carbocycles. The number of rotatable bonds is 5. The maximum absolute atomic E-state index is 9.28. The van der Waals surface area contributed by atoms with Crippen LogP contribution in [0.2, 0.25) is 0 Å². The maximum atomic E-state index is 9.28. The van der Waals surface area contributed by atoms with Crippen LogP contribution in [0.1, 0.15) is 0 Å². The van der Waals surface area contributed by atoms with Gasteiger partial charge in [-0.1, -0.05) is 0 Å². The fourth-order valence-electron chi connectivity index (χ4n) is 0.0895. The molecule has 0 bridgehead atoms. The molecule has 0 amide bonds. The Labute approximate surface area is 90.2 Å². The first kappa shape index (κ1) is 15.2. The van der Waals surface area contributed by atoms with Gasteiger partial charge in [-0.05, 0) is 0 Å². The molecule has 0 aromatic carbocycles. The predicted octanol–water partition coefficient (Wildman–Crippen LogP) is -1.78. The van der Waals surface area contributed by atoms with Crippen molar-refractivity contribution in [2.45, 2.75) is 0 Å². The highest BCUT2D eigenvalue weighted by Crippen LogP contribution is 1.73. The molecular formula is Al2N3O9. The number of hydrogen-bond donors (Lipinski definition) is 0. The Bertz CT molecular complexity index is 188. The van der Waals surface area contributed by atoms with Gasteiger partial charge in [0.1, 0.15) is 0 Å². The van der Waals surface area contributed by atoms with Crippen LogP contribution in [0.15, 0.2) is 0 Å². The first-order valence-corrected chi connectivity index (χ1v) is 3.76. The van der Waals surface area contributed by atoms with E-state index < -0.39 is 31.1 Å². The second kappa shape index (κ2) is 9.75. The highest BCUT2D eigenvalue weighted by Gasteiger charge is 2.05. The van der Waals surface area contributed by atoms with E-state index in [0.717, 1.165) is 0 Å². The Kier molecular flexibility index (Phi) is 10.6. The van der Waals surface area contributed by atoms with E-state index in [1.165, 1.54) is 16.6 Å². The molecule has 0 aliphatic carbocycles. The van der Waals surface area contributed by atoms with Crippen LogP contribution >= 0.6 is 0 Å². The van der Waals surface area contributed by atoms with E-state index in [1.807, 2.05) is 0 Å². The molecule has 3 radical (unpaired) electrons. The van der Waals surface area contributed by atoms with Gasteiger partial charge in [0, 0.05) is 0 Å². The van der Waals surface area contributed by atoms with Crippen molar-refractivity contribution < 1.29 is 26.9 Å². The monoisotopic (exact) mass is 240 g/mol. The first-order chi connectivity index (χ1) is 6.40. The molecule has 0 aromatic heterocycles. The summed E-state index contributed by atoms with van der Waals surface area (Å²) in [7, 11) is 0. The lowest BCUT2D eigenvalue weighted by molar-refractivity contribution is -0.755. The van der Waals surface area contributed by atoms with Crippen LogP contribution < -0.4 is 0 Å². The lowest BCUT2D eigenvalue weighted by atomic mass is 13.1. The minimum absolute atomic E-state index is 0.912. The van der Waals surface area contributed by atoms with E-state index in [4.69, 9.17) is 10.1 Å². The van der Waals surface area contributed by atoms with Crippen LogP contribution in [0.4, 0.5) is 0 Å². The third-order valence-electron chi connectivity index (χ3n) is 0.344. The van der Waals surface area contributed by atoms with Crippen molar-refractivity contribution in [2.75, 3.05) is 0 Å². The molecule has 0 fully saturated rings. The molecule has 0 atom stereocenters. The van der Waals surface area contributed by atoms with Crippen LogP contribution in [0.25, 0.3) is 0 Å². The first-order valence-electron chi connectivity index (χ1n) is 2.35. The van der Waals surface area contributed by atoms with Crippen molar-refractivity contribution >= 4 is 32.5 Å². The summed E-state index contributed by atoms with van der Waals surface area (Å²) in [6.45, 7) is 0. The smallest absolute Gasteiger partial charge is 0.479 e. The van der Waals surface area contributed by atoms with E-state index in [9.17, 15) is 20.2 Å². The van der Waals surface area contributed by atoms with Gasteiger partial charge < -0.3 is 11.7 Å². The van der Waals surface area contributed by atoms with Gasteiger partial charge in [-0.15, -0.1) is 30.3 Å². The zero-order valence-electron chi connectivity index (χ0n) is 6.17. The average molecular weight is 240 g/mol. The molecular weight excluding hydrogens is 240 g/mol. The summed E-state index contributed by atoms with van der Waals surface area (Å²) in [6, 6.07) is 0. The molecule has 0 saturated heterocycles. The Morgan fingerprint density at radius 3 is 1.36 bits per heavy atom. The fraction of sp³-hybridized carbons (Fsp3) is 0.